The van der Waals surface area contributed by atoms with Gasteiger partial charge in [-0.2, -0.15) is 18.4 Å². The van der Waals surface area contributed by atoms with Gasteiger partial charge in [-0.3, -0.25) is 0 Å². The fourth-order valence-corrected chi connectivity index (χ4v) is 3.11. The Labute approximate surface area is 146 Å². The Bertz CT molecular complexity index is 951. The summed E-state index contributed by atoms with van der Waals surface area (Å²) < 4.78 is 39.3. The normalized spacial score (nSPS) is 12.0. The minimum atomic E-state index is -4.48. The molecule has 0 aliphatic rings. The van der Waals surface area contributed by atoms with Crippen molar-refractivity contribution in [1.82, 2.24) is 4.98 Å². The number of benzene rings is 2. The number of nitriles is 1. The van der Waals surface area contributed by atoms with E-state index in [9.17, 15) is 18.4 Å². The van der Waals surface area contributed by atoms with E-state index < -0.39 is 11.7 Å². The quantitative estimate of drug-likeness (QED) is 0.548. The molecule has 3 rings (SSSR count). The van der Waals surface area contributed by atoms with Gasteiger partial charge in [-0.25, -0.2) is 4.98 Å². The molecule has 0 fully saturated rings. The fraction of sp³-hybridized carbons (Fsp3) is 0.0526. The zero-order valence-electron chi connectivity index (χ0n) is 12.8. The first-order valence-electron chi connectivity index (χ1n) is 7.28. The molecule has 0 unspecified atom stereocenters. The number of allylic oxidation sites excluding steroid dienone is 1. The molecule has 124 valence electrons. The van der Waals surface area contributed by atoms with Gasteiger partial charge in [-0.15, -0.1) is 11.3 Å². The van der Waals surface area contributed by atoms with Crippen LogP contribution in [0, 0.1) is 11.3 Å². The maximum atomic E-state index is 13.1. The highest BCUT2D eigenvalue weighted by molar-refractivity contribution is 7.11. The number of rotatable bonds is 3. The number of hydrogen-bond donors (Lipinski definition) is 0. The molecule has 0 bridgehead atoms. The van der Waals surface area contributed by atoms with Crippen LogP contribution in [0.4, 0.5) is 13.2 Å². The van der Waals surface area contributed by atoms with Gasteiger partial charge in [0.1, 0.15) is 11.1 Å². The average Bonchev–Trinajstić information content (AvgIpc) is 3.10. The summed E-state index contributed by atoms with van der Waals surface area (Å²) >= 11 is 1.23. The molecule has 0 amide bonds. The van der Waals surface area contributed by atoms with Crippen LogP contribution in [0.15, 0.2) is 60.0 Å². The third-order valence-electron chi connectivity index (χ3n) is 3.49. The second kappa shape index (κ2) is 6.91. The highest BCUT2D eigenvalue weighted by Gasteiger charge is 2.32. The second-order valence-electron chi connectivity index (χ2n) is 5.16. The molecule has 2 aromatic carbocycles. The Hall–Kier alpha value is -2.91. The van der Waals surface area contributed by atoms with Gasteiger partial charge in [-0.05, 0) is 17.7 Å². The van der Waals surface area contributed by atoms with E-state index in [1.54, 1.807) is 5.38 Å². The topological polar surface area (TPSA) is 36.7 Å². The molecule has 1 aromatic heterocycles. The van der Waals surface area contributed by atoms with Crippen LogP contribution < -0.4 is 0 Å². The smallest absolute Gasteiger partial charge is 0.235 e. The van der Waals surface area contributed by atoms with Gasteiger partial charge >= 0.3 is 6.18 Å². The van der Waals surface area contributed by atoms with Crippen LogP contribution in [0.2, 0.25) is 0 Å². The molecule has 3 aromatic rings. The number of hydrogen-bond acceptors (Lipinski definition) is 3. The van der Waals surface area contributed by atoms with Crippen molar-refractivity contribution in [2.45, 2.75) is 6.18 Å². The van der Waals surface area contributed by atoms with Crippen LogP contribution in [0.3, 0.4) is 0 Å². The van der Waals surface area contributed by atoms with Crippen LogP contribution in [-0.2, 0) is 6.18 Å². The van der Waals surface area contributed by atoms with Gasteiger partial charge in [0, 0.05) is 10.9 Å². The van der Waals surface area contributed by atoms with Crippen molar-refractivity contribution in [3.63, 3.8) is 0 Å². The summed E-state index contributed by atoms with van der Waals surface area (Å²) in [4.78, 5) is 4.39. The Balaban J connectivity index is 2.01. The van der Waals surface area contributed by atoms with Crippen LogP contribution in [0.5, 0.6) is 0 Å². The van der Waals surface area contributed by atoms with Crippen molar-refractivity contribution in [2.24, 2.45) is 0 Å². The molecular formula is C19H11F3N2S. The number of halogens is 3. The summed E-state index contributed by atoms with van der Waals surface area (Å²) in [6.07, 6.45) is -3.25. The van der Waals surface area contributed by atoms with Crippen LogP contribution in [0.25, 0.3) is 22.9 Å². The highest BCUT2D eigenvalue weighted by Crippen LogP contribution is 2.34. The molecule has 0 aliphatic carbocycles. The molecule has 0 N–H and O–H groups in total. The summed E-state index contributed by atoms with van der Waals surface area (Å²) in [5.41, 5.74) is 0.846. The second-order valence-corrected chi connectivity index (χ2v) is 6.02. The van der Waals surface area contributed by atoms with Gasteiger partial charge in [-0.1, -0.05) is 48.5 Å². The van der Waals surface area contributed by atoms with Gasteiger partial charge in [0.25, 0.3) is 0 Å². The minimum Gasteiger partial charge on any atom is -0.235 e. The lowest BCUT2D eigenvalue weighted by Crippen LogP contribution is -2.07. The summed E-state index contributed by atoms with van der Waals surface area (Å²) in [6.45, 7) is 0. The molecule has 0 saturated carbocycles. The first-order chi connectivity index (χ1) is 12.0. The maximum Gasteiger partial charge on any atom is 0.416 e. The SMILES string of the molecule is N#CC(=Cc1ccccc1C(F)(F)F)c1nc(-c2ccccc2)cs1. The number of thiazole rings is 1. The van der Waals surface area contributed by atoms with E-state index in [0.717, 1.165) is 11.6 Å². The zero-order valence-corrected chi connectivity index (χ0v) is 13.6. The molecule has 1 heterocycles. The molecule has 0 radical (unpaired) electrons. The molecule has 0 aliphatic heterocycles. The average molecular weight is 356 g/mol. The largest absolute Gasteiger partial charge is 0.416 e. The van der Waals surface area contributed by atoms with Gasteiger partial charge in [0.15, 0.2) is 0 Å². The standard InChI is InChI=1S/C19H11F3N2S/c20-19(21,22)16-9-5-4-8-14(16)10-15(11-23)18-24-17(12-25-18)13-6-2-1-3-7-13/h1-10,12H. The zero-order chi connectivity index (χ0) is 17.9. The Morgan fingerprint density at radius 3 is 2.40 bits per heavy atom. The van der Waals surface area contributed by atoms with Gasteiger partial charge in [0.2, 0.25) is 0 Å². The molecule has 6 heteroatoms. The van der Waals surface area contributed by atoms with Crippen molar-refractivity contribution < 1.29 is 13.2 Å². The number of aromatic nitrogens is 1. The van der Waals surface area contributed by atoms with E-state index in [1.165, 1.54) is 35.6 Å². The van der Waals surface area contributed by atoms with Crippen molar-refractivity contribution in [3.8, 4) is 17.3 Å². The molecule has 0 saturated heterocycles. The van der Waals surface area contributed by atoms with Crippen LogP contribution in [0.1, 0.15) is 16.1 Å². The molecule has 25 heavy (non-hydrogen) atoms. The number of nitrogens with zero attached hydrogens (tertiary/aromatic N) is 2. The van der Waals surface area contributed by atoms with E-state index >= 15 is 0 Å². The molecule has 0 spiro atoms. The van der Waals surface area contributed by atoms with Crippen molar-refractivity contribution >= 4 is 23.0 Å². The maximum absolute atomic E-state index is 13.1. The summed E-state index contributed by atoms with van der Waals surface area (Å²) in [7, 11) is 0. The summed E-state index contributed by atoms with van der Waals surface area (Å²) in [5.74, 6) is 0. The number of alkyl halides is 3. The summed E-state index contributed by atoms with van der Waals surface area (Å²) in [6, 6.07) is 16.5. The van der Waals surface area contributed by atoms with E-state index in [4.69, 9.17) is 0 Å². The minimum absolute atomic E-state index is 0.0528. The lowest BCUT2D eigenvalue weighted by atomic mass is 10.0. The van der Waals surface area contributed by atoms with E-state index in [2.05, 4.69) is 4.98 Å². The molecule has 2 nitrogen and oxygen atoms in total. The third kappa shape index (κ3) is 3.78. The van der Waals surface area contributed by atoms with Crippen molar-refractivity contribution in [1.29, 1.82) is 5.26 Å². The lowest BCUT2D eigenvalue weighted by molar-refractivity contribution is -0.137. The van der Waals surface area contributed by atoms with Crippen LogP contribution in [-0.4, -0.2) is 4.98 Å². The monoisotopic (exact) mass is 356 g/mol. The van der Waals surface area contributed by atoms with E-state index in [0.29, 0.717) is 10.7 Å². The predicted octanol–water partition coefficient (Wildman–Crippen LogP) is 5.89. The Kier molecular flexibility index (Phi) is 4.68. The molecular weight excluding hydrogens is 345 g/mol. The fourth-order valence-electron chi connectivity index (χ4n) is 2.32. The van der Waals surface area contributed by atoms with Crippen molar-refractivity contribution in [3.05, 3.63) is 76.1 Å². The van der Waals surface area contributed by atoms with Gasteiger partial charge in [0.05, 0.1) is 16.8 Å². The highest BCUT2D eigenvalue weighted by atomic mass is 32.1. The third-order valence-corrected chi connectivity index (χ3v) is 4.37. The Morgan fingerprint density at radius 1 is 1.04 bits per heavy atom. The lowest BCUT2D eigenvalue weighted by Gasteiger charge is -2.09. The summed E-state index contributed by atoms with van der Waals surface area (Å²) in [5, 5.41) is 11.6. The Morgan fingerprint density at radius 2 is 1.72 bits per heavy atom. The van der Waals surface area contributed by atoms with E-state index in [1.807, 2.05) is 36.4 Å². The van der Waals surface area contributed by atoms with E-state index in [-0.39, 0.29) is 11.1 Å². The molecule has 0 atom stereocenters. The predicted molar refractivity (Wildman–Crippen MR) is 92.5 cm³/mol. The van der Waals surface area contributed by atoms with Crippen molar-refractivity contribution in [2.75, 3.05) is 0 Å². The first-order valence-corrected chi connectivity index (χ1v) is 8.16. The van der Waals surface area contributed by atoms with Gasteiger partial charge < -0.3 is 0 Å². The first kappa shape index (κ1) is 16.9. The van der Waals surface area contributed by atoms with Crippen LogP contribution >= 0.6 is 11.3 Å².